The number of sulfonamides is 1. The zero-order valence-corrected chi connectivity index (χ0v) is 14.6. The van der Waals surface area contributed by atoms with E-state index in [1.54, 1.807) is 19.1 Å². The zero-order valence-electron chi connectivity index (χ0n) is 13.8. The van der Waals surface area contributed by atoms with E-state index in [-0.39, 0.29) is 10.6 Å². The molecule has 0 aliphatic heterocycles. The van der Waals surface area contributed by atoms with Crippen LogP contribution in [0.15, 0.2) is 47.4 Å². The van der Waals surface area contributed by atoms with Gasteiger partial charge in [-0.05, 0) is 43.0 Å². The Hall–Kier alpha value is -2.41. The molecule has 24 heavy (non-hydrogen) atoms. The lowest BCUT2D eigenvalue weighted by Crippen LogP contribution is -2.13. The highest BCUT2D eigenvalue weighted by Gasteiger charge is 2.20. The number of nitro groups is 1. The van der Waals surface area contributed by atoms with Crippen LogP contribution in [-0.2, 0) is 10.0 Å². The fourth-order valence-electron chi connectivity index (χ4n) is 2.28. The first kappa shape index (κ1) is 17.9. The topological polar surface area (TPSA) is 89.3 Å². The van der Waals surface area contributed by atoms with Crippen LogP contribution in [0.5, 0.6) is 0 Å². The lowest BCUT2D eigenvalue weighted by Gasteiger charge is -2.12. The Kier molecular flexibility index (Phi) is 5.23. The Balaban J connectivity index is 2.28. The maximum Gasteiger partial charge on any atom is 0.273 e. The highest BCUT2D eigenvalue weighted by atomic mass is 32.2. The normalized spacial score (nSPS) is 12.6. The maximum absolute atomic E-state index is 12.4. The quantitative estimate of drug-likeness (QED) is 0.625. The molecule has 6 nitrogen and oxygen atoms in total. The first-order valence-electron chi connectivity index (χ1n) is 7.62. The van der Waals surface area contributed by atoms with Gasteiger partial charge in [-0.25, -0.2) is 8.42 Å². The van der Waals surface area contributed by atoms with Crippen LogP contribution < -0.4 is 4.72 Å². The van der Waals surface area contributed by atoms with E-state index >= 15 is 0 Å². The van der Waals surface area contributed by atoms with Crippen molar-refractivity contribution in [2.24, 2.45) is 0 Å². The molecule has 0 amide bonds. The van der Waals surface area contributed by atoms with Gasteiger partial charge in [-0.2, -0.15) is 0 Å². The van der Waals surface area contributed by atoms with Crippen molar-refractivity contribution in [3.8, 4) is 0 Å². The van der Waals surface area contributed by atoms with Crippen LogP contribution in [-0.4, -0.2) is 13.3 Å². The number of nitrogens with zero attached hydrogens (tertiary/aromatic N) is 1. The summed E-state index contributed by atoms with van der Waals surface area (Å²) in [6.45, 7) is 5.76. The Bertz CT molecular complexity index is 845. The minimum absolute atomic E-state index is 0.134. The van der Waals surface area contributed by atoms with Crippen molar-refractivity contribution in [2.75, 3.05) is 4.72 Å². The number of hydrogen-bond acceptors (Lipinski definition) is 4. The summed E-state index contributed by atoms with van der Waals surface area (Å²) in [5.74, 6) is 0.399. The number of nitro benzene ring substituents is 1. The van der Waals surface area contributed by atoms with E-state index in [4.69, 9.17) is 0 Å². The van der Waals surface area contributed by atoms with Gasteiger partial charge in [-0.3, -0.25) is 14.8 Å². The molecule has 1 N–H and O–H groups in total. The van der Waals surface area contributed by atoms with Gasteiger partial charge in [0.1, 0.15) is 0 Å². The summed E-state index contributed by atoms with van der Waals surface area (Å²) in [6, 6.07) is 11.0. The average molecular weight is 348 g/mol. The Labute approximate surface area is 141 Å². The van der Waals surface area contributed by atoms with Gasteiger partial charge in [0.05, 0.1) is 9.82 Å². The number of nitrogens with one attached hydrogen (secondary N) is 1. The number of aryl methyl sites for hydroxylation is 1. The third kappa shape index (κ3) is 3.91. The van der Waals surface area contributed by atoms with E-state index in [1.165, 1.54) is 12.1 Å². The molecular weight excluding hydrogens is 328 g/mol. The fourth-order valence-corrected chi connectivity index (χ4v) is 3.36. The molecule has 0 aliphatic carbocycles. The van der Waals surface area contributed by atoms with Crippen molar-refractivity contribution in [1.29, 1.82) is 0 Å². The highest BCUT2D eigenvalue weighted by Crippen LogP contribution is 2.25. The van der Waals surface area contributed by atoms with Gasteiger partial charge in [0.2, 0.25) is 0 Å². The average Bonchev–Trinajstić information content (AvgIpc) is 2.54. The van der Waals surface area contributed by atoms with E-state index in [0.29, 0.717) is 17.2 Å². The van der Waals surface area contributed by atoms with E-state index < -0.39 is 14.9 Å². The third-order valence-corrected chi connectivity index (χ3v) is 5.41. The SMILES string of the molecule is CC[C@@H](C)c1ccc(NS(=O)(=O)c2ccc(C)c([N+](=O)[O-])c2)cc1. The summed E-state index contributed by atoms with van der Waals surface area (Å²) in [5.41, 5.74) is 1.75. The molecule has 0 aliphatic rings. The number of rotatable bonds is 6. The van der Waals surface area contributed by atoms with Crippen molar-refractivity contribution >= 4 is 21.4 Å². The monoisotopic (exact) mass is 348 g/mol. The van der Waals surface area contributed by atoms with E-state index in [9.17, 15) is 18.5 Å². The van der Waals surface area contributed by atoms with Crippen molar-refractivity contribution in [3.05, 3.63) is 63.7 Å². The predicted octanol–water partition coefficient (Wildman–Crippen LogP) is 4.22. The van der Waals surface area contributed by atoms with Crippen LogP contribution in [0.2, 0.25) is 0 Å². The van der Waals surface area contributed by atoms with Crippen LogP contribution in [0.25, 0.3) is 0 Å². The molecule has 1 atom stereocenters. The van der Waals surface area contributed by atoms with Crippen LogP contribution in [0.4, 0.5) is 11.4 Å². The van der Waals surface area contributed by atoms with Gasteiger partial charge in [-0.1, -0.05) is 32.0 Å². The lowest BCUT2D eigenvalue weighted by molar-refractivity contribution is -0.385. The van der Waals surface area contributed by atoms with E-state index in [2.05, 4.69) is 18.6 Å². The molecular formula is C17H20N2O4S. The number of anilines is 1. The van der Waals surface area contributed by atoms with Crippen molar-refractivity contribution in [1.82, 2.24) is 0 Å². The summed E-state index contributed by atoms with van der Waals surface area (Å²) in [7, 11) is -3.88. The van der Waals surface area contributed by atoms with E-state index in [1.807, 2.05) is 12.1 Å². The van der Waals surface area contributed by atoms with Gasteiger partial charge >= 0.3 is 0 Å². The maximum atomic E-state index is 12.4. The second kappa shape index (κ2) is 7.00. The standard InChI is InChI=1S/C17H20N2O4S/c1-4-12(2)14-6-8-15(9-7-14)18-24(22,23)16-10-5-13(3)17(11-16)19(20)21/h5-12,18H,4H2,1-3H3/t12-/m1/s1. The minimum atomic E-state index is -3.88. The summed E-state index contributed by atoms with van der Waals surface area (Å²) >= 11 is 0. The molecule has 0 heterocycles. The highest BCUT2D eigenvalue weighted by molar-refractivity contribution is 7.92. The molecule has 0 fully saturated rings. The molecule has 2 rings (SSSR count). The Morgan fingerprint density at radius 3 is 2.33 bits per heavy atom. The van der Waals surface area contributed by atoms with Crippen molar-refractivity contribution in [3.63, 3.8) is 0 Å². The molecule has 128 valence electrons. The largest absolute Gasteiger partial charge is 0.280 e. The van der Waals surface area contributed by atoms with Crippen molar-refractivity contribution < 1.29 is 13.3 Å². The summed E-state index contributed by atoms with van der Waals surface area (Å²) in [6.07, 6.45) is 0.998. The predicted molar refractivity (Wildman–Crippen MR) is 93.8 cm³/mol. The van der Waals surface area contributed by atoms with Gasteiger partial charge < -0.3 is 0 Å². The molecule has 2 aromatic rings. The molecule has 7 heteroatoms. The minimum Gasteiger partial charge on any atom is -0.280 e. The van der Waals surface area contributed by atoms with Crippen LogP contribution >= 0.6 is 0 Å². The first-order chi connectivity index (χ1) is 11.2. The van der Waals surface area contributed by atoms with Crippen molar-refractivity contribution in [2.45, 2.75) is 38.0 Å². The summed E-state index contributed by atoms with van der Waals surface area (Å²) in [5, 5.41) is 11.0. The first-order valence-corrected chi connectivity index (χ1v) is 9.10. The smallest absolute Gasteiger partial charge is 0.273 e. The van der Waals surface area contributed by atoms with Gasteiger partial charge in [0, 0.05) is 17.3 Å². The Morgan fingerprint density at radius 2 is 1.79 bits per heavy atom. The molecule has 0 spiro atoms. The summed E-state index contributed by atoms with van der Waals surface area (Å²) < 4.78 is 27.3. The van der Waals surface area contributed by atoms with Crippen LogP contribution in [0.3, 0.4) is 0 Å². The lowest BCUT2D eigenvalue weighted by atomic mass is 9.99. The Morgan fingerprint density at radius 1 is 1.17 bits per heavy atom. The van der Waals surface area contributed by atoms with Gasteiger partial charge in [0.25, 0.3) is 15.7 Å². The van der Waals surface area contributed by atoms with Crippen LogP contribution in [0.1, 0.15) is 37.3 Å². The molecule has 0 unspecified atom stereocenters. The summed E-state index contributed by atoms with van der Waals surface area (Å²) in [4.78, 5) is 10.3. The molecule has 0 saturated carbocycles. The zero-order chi connectivity index (χ0) is 17.9. The second-order valence-electron chi connectivity index (χ2n) is 5.74. The molecule has 0 aromatic heterocycles. The molecule has 0 saturated heterocycles. The number of benzene rings is 2. The van der Waals surface area contributed by atoms with Gasteiger partial charge in [-0.15, -0.1) is 0 Å². The molecule has 0 bridgehead atoms. The number of hydrogen-bond donors (Lipinski definition) is 1. The third-order valence-electron chi connectivity index (χ3n) is 4.03. The van der Waals surface area contributed by atoms with E-state index in [0.717, 1.165) is 18.1 Å². The molecule has 2 aromatic carbocycles. The second-order valence-corrected chi connectivity index (χ2v) is 7.42. The van der Waals surface area contributed by atoms with Gasteiger partial charge in [0.15, 0.2) is 0 Å². The fraction of sp³-hybridized carbons (Fsp3) is 0.294. The molecule has 0 radical (unpaired) electrons. The van der Waals surface area contributed by atoms with Crippen LogP contribution in [0, 0.1) is 17.0 Å².